The molecule has 29 heavy (non-hydrogen) atoms. The number of hydrogen-bond acceptors (Lipinski definition) is 5. The second kappa shape index (κ2) is 8.75. The van der Waals surface area contributed by atoms with Crippen LogP contribution in [0.5, 0.6) is 0 Å². The molecular weight excluding hydrogens is 384 g/mol. The molecule has 1 unspecified atom stereocenters. The fourth-order valence-electron chi connectivity index (χ4n) is 3.44. The summed E-state index contributed by atoms with van der Waals surface area (Å²) in [6.45, 7) is 5.00. The van der Waals surface area contributed by atoms with Crippen molar-refractivity contribution in [3.8, 4) is 10.6 Å². The minimum absolute atomic E-state index is 0.00539. The van der Waals surface area contributed by atoms with Crippen LogP contribution in [0.1, 0.15) is 22.2 Å². The highest BCUT2D eigenvalue weighted by Gasteiger charge is 2.25. The Morgan fingerprint density at radius 2 is 2.17 bits per heavy atom. The molecule has 152 valence electrons. The largest absolute Gasteiger partial charge is 0.370 e. The van der Waals surface area contributed by atoms with Crippen LogP contribution < -0.4 is 5.32 Å². The molecule has 1 aromatic carbocycles. The molecule has 2 aromatic heterocycles. The number of guanidine groups is 1. The van der Waals surface area contributed by atoms with Crippen LogP contribution in [0.4, 0.5) is 0 Å². The molecule has 1 saturated heterocycles. The van der Waals surface area contributed by atoms with E-state index in [0.717, 1.165) is 40.9 Å². The Bertz CT molecular complexity index is 980. The smallest absolute Gasteiger partial charge is 0.194 e. The first-order chi connectivity index (χ1) is 14.1. The standard InChI is InChI=1S/C21H26N6OS/c1-15-19(29-20(25-15)16-7-5-4-6-8-16)12-23-21(22-2)27-9-10-28-18(14-27)17-11-24-26(3)13-17/h4-8,11,13,18H,9-10,12,14H2,1-3H3,(H,22,23). The molecule has 1 atom stereocenters. The Labute approximate surface area is 175 Å². The number of ether oxygens (including phenoxy) is 1. The minimum atomic E-state index is 0.00539. The summed E-state index contributed by atoms with van der Waals surface area (Å²) in [5, 5.41) is 8.82. The zero-order chi connectivity index (χ0) is 20.2. The number of morpholine rings is 1. The van der Waals surface area contributed by atoms with Crippen LogP contribution in [0.25, 0.3) is 10.6 Å². The molecule has 3 heterocycles. The van der Waals surface area contributed by atoms with E-state index < -0.39 is 0 Å². The van der Waals surface area contributed by atoms with E-state index in [0.29, 0.717) is 13.2 Å². The molecule has 0 radical (unpaired) electrons. The van der Waals surface area contributed by atoms with Gasteiger partial charge in [-0.3, -0.25) is 9.67 Å². The number of thiazole rings is 1. The Balaban J connectivity index is 1.41. The molecule has 8 heteroatoms. The second-order valence-electron chi connectivity index (χ2n) is 7.05. The van der Waals surface area contributed by atoms with Crippen molar-refractivity contribution in [2.24, 2.45) is 12.0 Å². The molecule has 1 aliphatic heterocycles. The zero-order valence-corrected chi connectivity index (χ0v) is 17.8. The highest BCUT2D eigenvalue weighted by atomic mass is 32.1. The first-order valence-corrected chi connectivity index (χ1v) is 10.5. The average molecular weight is 411 g/mol. The molecule has 0 amide bonds. The van der Waals surface area contributed by atoms with Crippen molar-refractivity contribution in [3.63, 3.8) is 0 Å². The van der Waals surface area contributed by atoms with Gasteiger partial charge in [-0.05, 0) is 6.92 Å². The lowest BCUT2D eigenvalue weighted by Crippen LogP contribution is -2.47. The van der Waals surface area contributed by atoms with Gasteiger partial charge in [0.2, 0.25) is 0 Å². The van der Waals surface area contributed by atoms with Crippen LogP contribution in [0.3, 0.4) is 0 Å². The number of benzene rings is 1. The van der Waals surface area contributed by atoms with Crippen LogP contribution in [0.15, 0.2) is 47.7 Å². The SMILES string of the molecule is CN=C(NCc1sc(-c2ccccc2)nc1C)N1CCOC(c2cnn(C)c2)C1. The van der Waals surface area contributed by atoms with Crippen molar-refractivity contribution in [3.05, 3.63) is 58.9 Å². The number of rotatable bonds is 4. The van der Waals surface area contributed by atoms with Crippen molar-refractivity contribution in [2.75, 3.05) is 26.7 Å². The molecule has 4 rings (SSSR count). The summed E-state index contributed by atoms with van der Waals surface area (Å²) in [5.74, 6) is 0.885. The Kier molecular flexibility index (Phi) is 5.92. The predicted molar refractivity (Wildman–Crippen MR) is 116 cm³/mol. The molecule has 1 N–H and O–H groups in total. The monoisotopic (exact) mass is 410 g/mol. The van der Waals surface area contributed by atoms with Gasteiger partial charge in [0.25, 0.3) is 0 Å². The molecule has 3 aromatic rings. The van der Waals surface area contributed by atoms with Crippen molar-refractivity contribution in [1.29, 1.82) is 0 Å². The minimum Gasteiger partial charge on any atom is -0.370 e. The number of aryl methyl sites for hydroxylation is 2. The van der Waals surface area contributed by atoms with Gasteiger partial charge in [-0.25, -0.2) is 4.98 Å². The maximum atomic E-state index is 5.95. The van der Waals surface area contributed by atoms with Crippen LogP contribution >= 0.6 is 11.3 Å². The summed E-state index contributed by atoms with van der Waals surface area (Å²) in [6, 6.07) is 10.3. The molecule has 0 bridgehead atoms. The maximum absolute atomic E-state index is 5.95. The third-order valence-electron chi connectivity index (χ3n) is 4.99. The zero-order valence-electron chi connectivity index (χ0n) is 17.0. The van der Waals surface area contributed by atoms with E-state index in [4.69, 9.17) is 9.72 Å². The van der Waals surface area contributed by atoms with Crippen molar-refractivity contribution >= 4 is 17.3 Å². The number of aliphatic imine (C=N–C) groups is 1. The first-order valence-electron chi connectivity index (χ1n) is 9.71. The van der Waals surface area contributed by atoms with Gasteiger partial charge in [0.05, 0.1) is 31.6 Å². The highest BCUT2D eigenvalue weighted by Crippen LogP contribution is 2.28. The second-order valence-corrected chi connectivity index (χ2v) is 8.13. The van der Waals surface area contributed by atoms with Gasteiger partial charge >= 0.3 is 0 Å². The van der Waals surface area contributed by atoms with Crippen molar-refractivity contribution in [2.45, 2.75) is 19.6 Å². The fourth-order valence-corrected chi connectivity index (χ4v) is 4.45. The van der Waals surface area contributed by atoms with Crippen LogP contribution in [-0.4, -0.2) is 52.4 Å². The van der Waals surface area contributed by atoms with Gasteiger partial charge in [-0.1, -0.05) is 30.3 Å². The van der Waals surface area contributed by atoms with E-state index in [1.807, 2.05) is 49.4 Å². The molecular formula is C21H26N6OS. The number of nitrogens with zero attached hydrogens (tertiary/aromatic N) is 5. The fraction of sp³-hybridized carbons (Fsp3) is 0.381. The lowest BCUT2D eigenvalue weighted by molar-refractivity contribution is -0.00805. The number of aromatic nitrogens is 3. The first kappa shape index (κ1) is 19.6. The quantitative estimate of drug-likeness (QED) is 0.529. The molecule has 0 aliphatic carbocycles. The Morgan fingerprint density at radius 3 is 2.90 bits per heavy atom. The summed E-state index contributed by atoms with van der Waals surface area (Å²) >= 11 is 1.73. The molecule has 1 aliphatic rings. The van der Waals surface area contributed by atoms with E-state index >= 15 is 0 Å². The summed E-state index contributed by atoms with van der Waals surface area (Å²) in [6.07, 6.45) is 3.89. The number of nitrogens with one attached hydrogen (secondary N) is 1. The van der Waals surface area contributed by atoms with E-state index in [2.05, 4.69) is 39.4 Å². The molecule has 0 spiro atoms. The van der Waals surface area contributed by atoms with Gasteiger partial charge in [-0.2, -0.15) is 5.10 Å². The van der Waals surface area contributed by atoms with Crippen molar-refractivity contribution < 1.29 is 4.74 Å². The summed E-state index contributed by atoms with van der Waals surface area (Å²) < 4.78 is 7.76. The van der Waals surface area contributed by atoms with Gasteiger partial charge in [-0.15, -0.1) is 11.3 Å². The van der Waals surface area contributed by atoms with Gasteiger partial charge < -0.3 is 15.0 Å². The topological polar surface area (TPSA) is 67.6 Å². The third kappa shape index (κ3) is 4.49. The van der Waals surface area contributed by atoms with Crippen molar-refractivity contribution in [1.82, 2.24) is 25.0 Å². The van der Waals surface area contributed by atoms with Crippen LogP contribution in [-0.2, 0) is 18.3 Å². The van der Waals surface area contributed by atoms with Gasteiger partial charge in [0.1, 0.15) is 11.1 Å². The molecule has 7 nitrogen and oxygen atoms in total. The van der Waals surface area contributed by atoms with E-state index in [-0.39, 0.29) is 6.10 Å². The van der Waals surface area contributed by atoms with E-state index in [1.54, 1.807) is 11.3 Å². The predicted octanol–water partition coefficient (Wildman–Crippen LogP) is 3.00. The normalized spacial score (nSPS) is 17.6. The lowest BCUT2D eigenvalue weighted by atomic mass is 10.1. The average Bonchev–Trinajstić information content (AvgIpc) is 3.35. The van der Waals surface area contributed by atoms with Crippen LogP contribution in [0.2, 0.25) is 0 Å². The Morgan fingerprint density at radius 1 is 1.34 bits per heavy atom. The van der Waals surface area contributed by atoms with E-state index in [1.165, 1.54) is 4.88 Å². The Hall–Kier alpha value is -2.71. The lowest BCUT2D eigenvalue weighted by Gasteiger charge is -2.34. The van der Waals surface area contributed by atoms with Gasteiger partial charge in [0, 0.05) is 42.8 Å². The molecule has 1 fully saturated rings. The molecule has 0 saturated carbocycles. The number of hydrogen-bond donors (Lipinski definition) is 1. The van der Waals surface area contributed by atoms with Gasteiger partial charge in [0.15, 0.2) is 5.96 Å². The summed E-state index contributed by atoms with van der Waals surface area (Å²) in [5.41, 5.74) is 3.31. The van der Waals surface area contributed by atoms with E-state index in [9.17, 15) is 0 Å². The highest BCUT2D eigenvalue weighted by molar-refractivity contribution is 7.15. The summed E-state index contributed by atoms with van der Waals surface area (Å²) in [7, 11) is 3.75. The summed E-state index contributed by atoms with van der Waals surface area (Å²) in [4.78, 5) is 12.7. The third-order valence-corrected chi connectivity index (χ3v) is 6.20. The maximum Gasteiger partial charge on any atom is 0.194 e. The van der Waals surface area contributed by atoms with Crippen LogP contribution in [0, 0.1) is 6.92 Å².